The van der Waals surface area contributed by atoms with Gasteiger partial charge in [-0.2, -0.15) is 0 Å². The van der Waals surface area contributed by atoms with Gasteiger partial charge in [-0.3, -0.25) is 4.90 Å². The molecule has 0 aromatic rings. The van der Waals surface area contributed by atoms with Crippen LogP contribution in [0.3, 0.4) is 0 Å². The molecule has 1 amide bonds. The van der Waals surface area contributed by atoms with E-state index in [-0.39, 0.29) is 0 Å². The first-order valence-electron chi connectivity index (χ1n) is 4.59. The van der Waals surface area contributed by atoms with Gasteiger partial charge in [0.25, 0.3) is 0 Å². The van der Waals surface area contributed by atoms with Crippen molar-refractivity contribution in [1.82, 2.24) is 4.90 Å². The van der Waals surface area contributed by atoms with Crippen molar-refractivity contribution in [2.24, 2.45) is 0 Å². The molecule has 0 radical (unpaired) electrons. The van der Waals surface area contributed by atoms with E-state index in [1.807, 2.05) is 0 Å². The van der Waals surface area contributed by atoms with Gasteiger partial charge in [0, 0.05) is 0 Å². The highest BCUT2D eigenvalue weighted by Gasteiger charge is 2.59. The normalized spacial score (nSPS) is 31.3. The molecule has 1 fully saturated rings. The van der Waals surface area contributed by atoms with Gasteiger partial charge in [0.15, 0.2) is 11.3 Å². The Labute approximate surface area is 87.4 Å². The molecular formula is C9H15NO5. The zero-order valence-corrected chi connectivity index (χ0v) is 9.14. The van der Waals surface area contributed by atoms with Crippen LogP contribution in [0.1, 0.15) is 27.7 Å². The fourth-order valence-corrected chi connectivity index (χ4v) is 1.48. The number of aliphatic hydroxyl groups is 1. The Morgan fingerprint density at radius 2 is 1.93 bits per heavy atom. The van der Waals surface area contributed by atoms with Gasteiger partial charge >= 0.3 is 12.1 Å². The molecule has 0 bridgehead atoms. The molecule has 6 nitrogen and oxygen atoms in total. The van der Waals surface area contributed by atoms with E-state index in [2.05, 4.69) is 0 Å². The van der Waals surface area contributed by atoms with E-state index in [0.29, 0.717) is 0 Å². The number of hydrogen-bond acceptors (Lipinski definition) is 4. The quantitative estimate of drug-likeness (QED) is 0.699. The number of ether oxygens (including phenoxy) is 1. The molecule has 6 heteroatoms. The van der Waals surface area contributed by atoms with Gasteiger partial charge in [-0.25, -0.2) is 9.59 Å². The van der Waals surface area contributed by atoms with Crippen LogP contribution < -0.4 is 0 Å². The number of aliphatic carboxylic acids is 1. The molecule has 1 rings (SSSR count). The molecule has 15 heavy (non-hydrogen) atoms. The van der Waals surface area contributed by atoms with E-state index < -0.39 is 29.4 Å². The molecule has 1 aliphatic rings. The van der Waals surface area contributed by atoms with Crippen LogP contribution in [0.2, 0.25) is 0 Å². The zero-order valence-electron chi connectivity index (χ0n) is 9.14. The molecule has 1 aliphatic heterocycles. The first-order chi connectivity index (χ1) is 6.61. The Balaban J connectivity index is 3.10. The Hall–Kier alpha value is -1.30. The van der Waals surface area contributed by atoms with Crippen LogP contribution >= 0.6 is 0 Å². The number of carbonyl (C=O) groups is 2. The molecular weight excluding hydrogens is 202 g/mol. The number of hydrogen-bond donors (Lipinski definition) is 2. The number of carbonyl (C=O) groups excluding carboxylic acids is 1. The second-order valence-electron chi connectivity index (χ2n) is 4.28. The van der Waals surface area contributed by atoms with Crippen LogP contribution in [0.15, 0.2) is 0 Å². The molecule has 0 spiro atoms. The maximum absolute atomic E-state index is 11.4. The van der Waals surface area contributed by atoms with Gasteiger partial charge in [-0.05, 0) is 27.7 Å². The lowest BCUT2D eigenvalue weighted by molar-refractivity contribution is -0.159. The Morgan fingerprint density at radius 1 is 1.47 bits per heavy atom. The van der Waals surface area contributed by atoms with E-state index >= 15 is 0 Å². The predicted octanol–water partition coefficient (Wildman–Crippen LogP) is 0.399. The minimum absolute atomic E-state index is 0.820. The van der Waals surface area contributed by atoms with Gasteiger partial charge in [0.05, 0.1) is 0 Å². The van der Waals surface area contributed by atoms with Crippen molar-refractivity contribution in [2.45, 2.75) is 45.1 Å². The average molecular weight is 217 g/mol. The SMILES string of the molecule is C[C@@H](C(=O)O)N1C(=O)OC(C)(C)[C@]1(C)O. The molecule has 0 unspecified atom stereocenters. The Kier molecular flexibility index (Phi) is 2.43. The topological polar surface area (TPSA) is 87.1 Å². The monoisotopic (exact) mass is 217 g/mol. The number of carboxylic acid groups (broad SMARTS) is 1. The van der Waals surface area contributed by atoms with Crippen LogP contribution in [0, 0.1) is 0 Å². The molecule has 86 valence electrons. The fourth-order valence-electron chi connectivity index (χ4n) is 1.48. The summed E-state index contributed by atoms with van der Waals surface area (Å²) in [5.41, 5.74) is -2.77. The maximum Gasteiger partial charge on any atom is 0.413 e. The molecule has 0 aromatic heterocycles. The van der Waals surface area contributed by atoms with E-state index in [4.69, 9.17) is 9.84 Å². The summed E-state index contributed by atoms with van der Waals surface area (Å²) in [6.07, 6.45) is -0.820. The molecule has 0 saturated carbocycles. The zero-order chi connectivity index (χ0) is 12.0. The van der Waals surface area contributed by atoms with Crippen LogP contribution in [0.4, 0.5) is 4.79 Å². The first kappa shape index (κ1) is 11.8. The van der Waals surface area contributed by atoms with Crippen LogP contribution in [0.5, 0.6) is 0 Å². The van der Waals surface area contributed by atoms with Crippen molar-refractivity contribution < 1.29 is 24.5 Å². The third-order valence-corrected chi connectivity index (χ3v) is 2.89. The second-order valence-corrected chi connectivity index (χ2v) is 4.28. The summed E-state index contributed by atoms with van der Waals surface area (Å²) in [4.78, 5) is 23.0. The summed E-state index contributed by atoms with van der Waals surface area (Å²) in [5, 5.41) is 18.9. The van der Waals surface area contributed by atoms with Gasteiger partial charge in [0.2, 0.25) is 0 Å². The second kappa shape index (κ2) is 3.10. The lowest BCUT2D eigenvalue weighted by Gasteiger charge is -2.36. The highest BCUT2D eigenvalue weighted by Crippen LogP contribution is 2.38. The minimum atomic E-state index is -1.64. The van der Waals surface area contributed by atoms with Crippen molar-refractivity contribution in [3.63, 3.8) is 0 Å². The van der Waals surface area contributed by atoms with Gasteiger partial charge in [-0.1, -0.05) is 0 Å². The fraction of sp³-hybridized carbons (Fsp3) is 0.778. The first-order valence-corrected chi connectivity index (χ1v) is 4.59. The maximum atomic E-state index is 11.4. The molecule has 0 aliphatic carbocycles. The van der Waals surface area contributed by atoms with E-state index in [0.717, 1.165) is 4.90 Å². The third-order valence-electron chi connectivity index (χ3n) is 2.89. The van der Waals surface area contributed by atoms with E-state index in [1.165, 1.54) is 27.7 Å². The van der Waals surface area contributed by atoms with Crippen molar-refractivity contribution >= 4 is 12.1 Å². The summed E-state index contributed by atoms with van der Waals surface area (Å²) in [6.45, 7) is 5.73. The van der Waals surface area contributed by atoms with Crippen molar-refractivity contribution in [3.8, 4) is 0 Å². The Bertz CT molecular complexity index is 310. The predicted molar refractivity (Wildman–Crippen MR) is 50.1 cm³/mol. The van der Waals surface area contributed by atoms with Crippen molar-refractivity contribution in [1.29, 1.82) is 0 Å². The van der Waals surface area contributed by atoms with Gasteiger partial charge in [0.1, 0.15) is 6.04 Å². The average Bonchev–Trinajstić information content (AvgIpc) is 2.16. The molecule has 1 saturated heterocycles. The van der Waals surface area contributed by atoms with Gasteiger partial charge < -0.3 is 14.9 Å². The molecule has 2 N–H and O–H groups in total. The third kappa shape index (κ3) is 1.54. The standard InChI is InChI=1S/C9H15NO5/c1-5(6(11)12)10-7(13)15-8(2,3)9(10,4)14/h5,14H,1-4H3,(H,11,12)/t5-,9-/m0/s1. The molecule has 1 heterocycles. The largest absolute Gasteiger partial charge is 0.480 e. The van der Waals surface area contributed by atoms with Crippen LogP contribution in [-0.4, -0.2) is 44.5 Å². The summed E-state index contributed by atoms with van der Waals surface area (Å²) >= 11 is 0. The number of amides is 1. The van der Waals surface area contributed by atoms with Crippen LogP contribution in [0.25, 0.3) is 0 Å². The lowest BCUT2D eigenvalue weighted by atomic mass is 9.95. The highest BCUT2D eigenvalue weighted by atomic mass is 16.6. The van der Waals surface area contributed by atoms with E-state index in [1.54, 1.807) is 0 Å². The lowest BCUT2D eigenvalue weighted by Crippen LogP contribution is -2.58. The number of rotatable bonds is 2. The summed E-state index contributed by atoms with van der Waals surface area (Å²) in [6, 6.07) is -1.13. The van der Waals surface area contributed by atoms with Crippen LogP contribution in [-0.2, 0) is 9.53 Å². The number of carboxylic acids is 1. The highest BCUT2D eigenvalue weighted by molar-refractivity contribution is 5.81. The number of nitrogens with zero attached hydrogens (tertiary/aromatic N) is 1. The number of cyclic esters (lactones) is 1. The van der Waals surface area contributed by atoms with Crippen molar-refractivity contribution in [3.05, 3.63) is 0 Å². The molecule has 2 atom stereocenters. The summed E-state index contributed by atoms with van der Waals surface area (Å²) in [7, 11) is 0. The summed E-state index contributed by atoms with van der Waals surface area (Å²) < 4.78 is 4.92. The van der Waals surface area contributed by atoms with E-state index in [9.17, 15) is 14.7 Å². The smallest absolute Gasteiger partial charge is 0.413 e. The summed E-state index contributed by atoms with van der Waals surface area (Å²) in [5.74, 6) is -1.19. The van der Waals surface area contributed by atoms with Crippen molar-refractivity contribution in [2.75, 3.05) is 0 Å². The van der Waals surface area contributed by atoms with Gasteiger partial charge in [-0.15, -0.1) is 0 Å². The minimum Gasteiger partial charge on any atom is -0.480 e. The Morgan fingerprint density at radius 3 is 2.20 bits per heavy atom. The molecule has 0 aromatic carbocycles.